The number of nitrogens with two attached hydrogens (primary N) is 1. The Hall–Kier alpha value is -2.14. The van der Waals surface area contributed by atoms with Crippen LogP contribution in [0.2, 0.25) is 0 Å². The molecule has 1 aliphatic rings. The minimum Gasteiger partial charge on any atom is -0.384 e. The Labute approximate surface area is 126 Å². The lowest BCUT2D eigenvalue weighted by Crippen LogP contribution is -2.24. The summed E-state index contributed by atoms with van der Waals surface area (Å²) in [7, 11) is 0. The summed E-state index contributed by atoms with van der Waals surface area (Å²) < 4.78 is 1.74. The fourth-order valence-electron chi connectivity index (χ4n) is 3.10. The number of benzene rings is 1. The molecule has 4 nitrogen and oxygen atoms in total. The molecule has 106 valence electrons. The largest absolute Gasteiger partial charge is 0.384 e. The van der Waals surface area contributed by atoms with Gasteiger partial charge in [0, 0.05) is 4.88 Å². The van der Waals surface area contributed by atoms with Crippen molar-refractivity contribution in [2.45, 2.75) is 25.7 Å². The quantitative estimate of drug-likeness (QED) is 0.725. The molecule has 2 aromatic heterocycles. The van der Waals surface area contributed by atoms with E-state index in [1.807, 2.05) is 30.3 Å². The van der Waals surface area contributed by atoms with Gasteiger partial charge in [-0.05, 0) is 43.4 Å². The van der Waals surface area contributed by atoms with Gasteiger partial charge in [0.05, 0.1) is 11.1 Å². The first kappa shape index (κ1) is 12.6. The van der Waals surface area contributed by atoms with E-state index in [9.17, 15) is 0 Å². The molecular weight excluding hydrogens is 280 g/mol. The predicted octanol–water partition coefficient (Wildman–Crippen LogP) is 3.03. The minimum absolute atomic E-state index is 0.199. The van der Waals surface area contributed by atoms with Gasteiger partial charge in [0.2, 0.25) is 5.62 Å². The van der Waals surface area contributed by atoms with Gasteiger partial charge in [0.1, 0.15) is 10.6 Å². The van der Waals surface area contributed by atoms with Gasteiger partial charge in [0.25, 0.3) is 0 Å². The van der Waals surface area contributed by atoms with Crippen LogP contribution in [-0.2, 0) is 12.8 Å². The number of rotatable bonds is 1. The van der Waals surface area contributed by atoms with Gasteiger partial charge in [-0.15, -0.1) is 11.3 Å². The molecule has 5 heteroatoms. The van der Waals surface area contributed by atoms with Gasteiger partial charge in [0.15, 0.2) is 0 Å². The Morgan fingerprint density at radius 1 is 1.14 bits per heavy atom. The van der Waals surface area contributed by atoms with Crippen molar-refractivity contribution in [3.63, 3.8) is 0 Å². The first-order valence-electron chi connectivity index (χ1n) is 7.18. The van der Waals surface area contributed by atoms with Gasteiger partial charge in [-0.3, -0.25) is 9.98 Å². The fourth-order valence-corrected chi connectivity index (χ4v) is 4.37. The number of hydrogen-bond acceptors (Lipinski definition) is 4. The summed E-state index contributed by atoms with van der Waals surface area (Å²) in [5.74, 6) is 0.649. The number of anilines is 1. The van der Waals surface area contributed by atoms with Gasteiger partial charge in [-0.25, -0.2) is 4.98 Å². The summed E-state index contributed by atoms with van der Waals surface area (Å²) in [6.45, 7) is 0. The fraction of sp³-hybridized carbons (Fsp3) is 0.250. The van der Waals surface area contributed by atoms with E-state index in [-0.39, 0.29) is 5.62 Å². The highest BCUT2D eigenvalue weighted by Gasteiger charge is 2.20. The SMILES string of the molecule is N=c1nc2sc3c(c2c(N)n1-c1ccccc1)CCCC3. The monoisotopic (exact) mass is 296 g/mol. The van der Waals surface area contributed by atoms with Gasteiger partial charge in [-0.2, -0.15) is 0 Å². The second-order valence-corrected chi connectivity index (χ2v) is 6.47. The van der Waals surface area contributed by atoms with E-state index in [2.05, 4.69) is 4.98 Å². The molecule has 0 saturated carbocycles. The van der Waals surface area contributed by atoms with E-state index >= 15 is 0 Å². The van der Waals surface area contributed by atoms with Crippen molar-refractivity contribution in [2.75, 3.05) is 5.73 Å². The summed E-state index contributed by atoms with van der Waals surface area (Å²) in [6.07, 6.45) is 4.65. The number of nitrogen functional groups attached to an aromatic ring is 1. The Morgan fingerprint density at radius 2 is 1.90 bits per heavy atom. The molecule has 0 aliphatic heterocycles. The van der Waals surface area contributed by atoms with Crippen molar-refractivity contribution in [1.82, 2.24) is 9.55 Å². The number of fused-ring (bicyclic) bond motifs is 3. The number of nitrogens with zero attached hydrogens (tertiary/aromatic N) is 2. The third-order valence-corrected chi connectivity index (χ3v) is 5.27. The van der Waals surface area contributed by atoms with Gasteiger partial charge in [-0.1, -0.05) is 18.2 Å². The van der Waals surface area contributed by atoms with E-state index in [0.717, 1.165) is 28.7 Å². The molecular formula is C16H16N4S. The summed E-state index contributed by atoms with van der Waals surface area (Å²) in [4.78, 5) is 6.80. The molecule has 0 atom stereocenters. The predicted molar refractivity (Wildman–Crippen MR) is 85.9 cm³/mol. The minimum atomic E-state index is 0.199. The highest BCUT2D eigenvalue weighted by Crippen LogP contribution is 2.37. The maximum Gasteiger partial charge on any atom is 0.229 e. The van der Waals surface area contributed by atoms with Crippen LogP contribution in [0.1, 0.15) is 23.3 Å². The molecule has 0 bridgehead atoms. The van der Waals surface area contributed by atoms with Crippen LogP contribution in [0.3, 0.4) is 0 Å². The van der Waals surface area contributed by atoms with Crippen molar-refractivity contribution < 1.29 is 0 Å². The Kier molecular flexibility index (Phi) is 2.82. The normalized spacial score (nSPS) is 14.3. The number of nitrogens with one attached hydrogen (secondary N) is 1. The van der Waals surface area contributed by atoms with Crippen molar-refractivity contribution in [3.8, 4) is 5.69 Å². The van der Waals surface area contributed by atoms with Crippen LogP contribution in [-0.4, -0.2) is 9.55 Å². The number of hydrogen-bond donors (Lipinski definition) is 2. The van der Waals surface area contributed by atoms with Crippen LogP contribution < -0.4 is 11.4 Å². The molecule has 3 N–H and O–H groups in total. The molecule has 4 rings (SSSR count). The molecule has 3 aromatic rings. The van der Waals surface area contributed by atoms with Crippen LogP contribution in [0.25, 0.3) is 15.9 Å². The lowest BCUT2D eigenvalue weighted by Gasteiger charge is -2.14. The average molecular weight is 296 g/mol. The molecule has 0 saturated heterocycles. The summed E-state index contributed by atoms with van der Waals surface area (Å²) in [6, 6.07) is 9.78. The van der Waals surface area contributed by atoms with Crippen LogP contribution >= 0.6 is 11.3 Å². The summed E-state index contributed by atoms with van der Waals surface area (Å²) in [5, 5.41) is 9.28. The Bertz CT molecular complexity index is 877. The number of aromatic nitrogens is 2. The van der Waals surface area contributed by atoms with E-state index < -0.39 is 0 Å². The third-order valence-electron chi connectivity index (χ3n) is 4.08. The molecule has 0 unspecified atom stereocenters. The molecule has 0 fully saturated rings. The van der Waals surface area contributed by atoms with Crippen LogP contribution in [0.4, 0.5) is 5.82 Å². The Balaban J connectivity index is 2.07. The van der Waals surface area contributed by atoms with Crippen molar-refractivity contribution >= 4 is 27.4 Å². The van der Waals surface area contributed by atoms with Crippen molar-refractivity contribution in [3.05, 3.63) is 46.4 Å². The van der Waals surface area contributed by atoms with E-state index in [4.69, 9.17) is 11.1 Å². The standard InChI is InChI=1S/C16H16N4S/c17-14-13-11-8-4-5-9-12(11)21-15(13)19-16(18)20(14)10-6-2-1-3-7-10/h1-3,6-7,18H,4-5,8-9,17H2. The van der Waals surface area contributed by atoms with E-state index in [1.165, 1.54) is 23.3 Å². The zero-order valence-corrected chi connectivity index (χ0v) is 12.4. The molecule has 0 amide bonds. The second kappa shape index (κ2) is 4.70. The second-order valence-electron chi connectivity index (χ2n) is 5.38. The first-order valence-corrected chi connectivity index (χ1v) is 8.00. The van der Waals surface area contributed by atoms with Gasteiger partial charge >= 0.3 is 0 Å². The maximum atomic E-state index is 8.22. The van der Waals surface area contributed by atoms with Crippen LogP contribution in [0.15, 0.2) is 30.3 Å². The highest BCUT2D eigenvalue weighted by atomic mass is 32.1. The zero-order chi connectivity index (χ0) is 14.4. The molecule has 2 heterocycles. The first-order chi connectivity index (χ1) is 10.3. The van der Waals surface area contributed by atoms with Crippen molar-refractivity contribution in [2.24, 2.45) is 0 Å². The highest BCUT2D eigenvalue weighted by molar-refractivity contribution is 7.19. The van der Waals surface area contributed by atoms with Crippen LogP contribution in [0.5, 0.6) is 0 Å². The third kappa shape index (κ3) is 1.88. The summed E-state index contributed by atoms with van der Waals surface area (Å²) >= 11 is 1.71. The average Bonchev–Trinajstić information content (AvgIpc) is 2.86. The smallest absolute Gasteiger partial charge is 0.229 e. The molecule has 0 spiro atoms. The zero-order valence-electron chi connectivity index (χ0n) is 11.6. The molecule has 1 aliphatic carbocycles. The number of thiophene rings is 1. The Morgan fingerprint density at radius 3 is 2.71 bits per heavy atom. The topological polar surface area (TPSA) is 67.7 Å². The lowest BCUT2D eigenvalue weighted by molar-refractivity contribution is 0.700. The van der Waals surface area contributed by atoms with Crippen LogP contribution in [0, 0.1) is 5.41 Å². The summed E-state index contributed by atoms with van der Waals surface area (Å²) in [5.41, 5.74) is 8.88. The molecule has 21 heavy (non-hydrogen) atoms. The van der Waals surface area contributed by atoms with E-state index in [1.54, 1.807) is 15.9 Å². The number of para-hydroxylation sites is 1. The maximum absolute atomic E-state index is 8.22. The molecule has 0 radical (unpaired) electrons. The van der Waals surface area contributed by atoms with Crippen molar-refractivity contribution in [1.29, 1.82) is 5.41 Å². The van der Waals surface area contributed by atoms with E-state index in [0.29, 0.717) is 5.82 Å². The van der Waals surface area contributed by atoms with Gasteiger partial charge < -0.3 is 5.73 Å². The lowest BCUT2D eigenvalue weighted by atomic mass is 9.97. The molecule has 1 aromatic carbocycles. The number of aryl methyl sites for hydroxylation is 2.